The van der Waals surface area contributed by atoms with Crippen LogP contribution in [0.2, 0.25) is 0 Å². The van der Waals surface area contributed by atoms with E-state index in [1.165, 1.54) is 24.4 Å². The highest BCUT2D eigenvalue weighted by Crippen LogP contribution is 2.42. The Balaban J connectivity index is 1.36. The number of phenols is 1. The van der Waals surface area contributed by atoms with Crippen LogP contribution in [0.5, 0.6) is 11.8 Å². The first kappa shape index (κ1) is 28.6. The van der Waals surface area contributed by atoms with Crippen molar-refractivity contribution in [2.75, 3.05) is 37.7 Å². The fraction of sp³-hybridized carbons (Fsp3) is 0.455. The Bertz CT molecular complexity index is 1800. The number of alkyl halides is 1. The number of nitriles is 1. The molecule has 228 valence electrons. The standard InChI is InChI=1S/C33H33F3N6O2/c1-2-23-26(35)5-4-20-12-22(43)13-24(27(20)23)29-28(36)30-25(16-38-29)31(41-10-6-19(15-37)7-11-41)40-32(39-30)44-18-33-8-3-9-42(33)17-21(34)14-33/h4-5,12-13,16,19,21,43H,2-3,6-11,14,17-18H2,1H3/t21-,33+/m1/s1. The van der Waals surface area contributed by atoms with Gasteiger partial charge in [0.15, 0.2) is 5.82 Å². The summed E-state index contributed by atoms with van der Waals surface area (Å²) in [6.45, 7) is 4.28. The van der Waals surface area contributed by atoms with Crippen LogP contribution in [0.3, 0.4) is 0 Å². The third kappa shape index (κ3) is 4.76. The minimum absolute atomic E-state index is 0.0149. The largest absolute Gasteiger partial charge is 0.508 e. The number of phenolic OH excluding ortho intramolecular Hbond substituents is 1. The Hall–Kier alpha value is -4.17. The molecule has 2 aromatic carbocycles. The molecule has 0 unspecified atom stereocenters. The summed E-state index contributed by atoms with van der Waals surface area (Å²) >= 11 is 0. The van der Waals surface area contributed by atoms with E-state index in [1.807, 2.05) is 11.8 Å². The molecule has 3 saturated heterocycles. The van der Waals surface area contributed by atoms with Crippen LogP contribution in [-0.2, 0) is 6.42 Å². The van der Waals surface area contributed by atoms with Crippen LogP contribution >= 0.6 is 0 Å². The predicted octanol–water partition coefficient (Wildman–Crippen LogP) is 6.09. The monoisotopic (exact) mass is 602 g/mol. The smallest absolute Gasteiger partial charge is 0.319 e. The van der Waals surface area contributed by atoms with Gasteiger partial charge in [0.05, 0.1) is 17.0 Å². The van der Waals surface area contributed by atoms with Crippen LogP contribution in [0.1, 0.15) is 44.6 Å². The number of halogens is 3. The molecule has 0 bridgehead atoms. The summed E-state index contributed by atoms with van der Waals surface area (Å²) in [5.41, 5.74) is 0.128. The second-order valence-corrected chi connectivity index (χ2v) is 12.2. The van der Waals surface area contributed by atoms with Crippen LogP contribution in [-0.4, -0.2) is 69.5 Å². The molecular weight excluding hydrogens is 569 g/mol. The highest BCUT2D eigenvalue weighted by molar-refractivity contribution is 6.01. The van der Waals surface area contributed by atoms with Crippen molar-refractivity contribution in [3.63, 3.8) is 0 Å². The molecule has 0 radical (unpaired) electrons. The molecule has 8 nitrogen and oxygen atoms in total. The number of anilines is 1. The molecule has 5 heterocycles. The summed E-state index contributed by atoms with van der Waals surface area (Å²) in [7, 11) is 0. The van der Waals surface area contributed by atoms with Crippen molar-refractivity contribution in [2.24, 2.45) is 5.92 Å². The quantitative estimate of drug-likeness (QED) is 0.283. The van der Waals surface area contributed by atoms with E-state index in [9.17, 15) is 19.1 Å². The second-order valence-electron chi connectivity index (χ2n) is 12.2. The van der Waals surface area contributed by atoms with Gasteiger partial charge in [0, 0.05) is 43.7 Å². The zero-order valence-electron chi connectivity index (χ0n) is 24.5. The molecule has 7 rings (SSSR count). The van der Waals surface area contributed by atoms with Gasteiger partial charge in [-0.2, -0.15) is 15.2 Å². The number of hydrogen-bond acceptors (Lipinski definition) is 8. The molecule has 3 aliphatic heterocycles. The molecule has 0 saturated carbocycles. The molecule has 0 aliphatic carbocycles. The number of aryl methyl sites for hydroxylation is 1. The van der Waals surface area contributed by atoms with E-state index < -0.39 is 23.3 Å². The molecule has 3 fully saturated rings. The number of nitrogens with zero attached hydrogens (tertiary/aromatic N) is 6. The Morgan fingerprint density at radius 3 is 2.75 bits per heavy atom. The summed E-state index contributed by atoms with van der Waals surface area (Å²) in [6.07, 6.45) is 4.36. The summed E-state index contributed by atoms with van der Waals surface area (Å²) in [5, 5.41) is 21.4. The SMILES string of the molecule is CCc1c(F)ccc2cc(O)cc(-c3ncc4c(N5CCC(C#N)CC5)nc(OC[C@@]56CCCN5C[C@H](F)C6)nc4c3F)c12. The van der Waals surface area contributed by atoms with Crippen molar-refractivity contribution < 1.29 is 23.0 Å². The number of ether oxygens (including phenoxy) is 1. The Morgan fingerprint density at radius 1 is 1.16 bits per heavy atom. The number of rotatable bonds is 6. The van der Waals surface area contributed by atoms with Gasteiger partial charge in [-0.1, -0.05) is 13.0 Å². The van der Waals surface area contributed by atoms with E-state index in [-0.39, 0.29) is 41.1 Å². The lowest BCUT2D eigenvalue weighted by Gasteiger charge is -2.32. The van der Waals surface area contributed by atoms with E-state index in [1.54, 1.807) is 6.07 Å². The van der Waals surface area contributed by atoms with Crippen molar-refractivity contribution in [3.05, 3.63) is 47.7 Å². The maximum Gasteiger partial charge on any atom is 0.319 e. The molecule has 44 heavy (non-hydrogen) atoms. The Kier molecular flexibility index (Phi) is 7.20. The predicted molar refractivity (Wildman–Crippen MR) is 160 cm³/mol. The summed E-state index contributed by atoms with van der Waals surface area (Å²) in [5.74, 6) is -0.870. The van der Waals surface area contributed by atoms with Crippen LogP contribution in [0.15, 0.2) is 30.5 Å². The van der Waals surface area contributed by atoms with Crippen molar-refractivity contribution in [1.82, 2.24) is 19.9 Å². The normalized spacial score (nSPS) is 22.5. The molecule has 0 spiro atoms. The molecule has 1 N–H and O–H groups in total. The molecule has 2 aromatic heterocycles. The van der Waals surface area contributed by atoms with Gasteiger partial charge in [0.2, 0.25) is 0 Å². The number of hydrogen-bond donors (Lipinski definition) is 1. The zero-order valence-corrected chi connectivity index (χ0v) is 24.5. The number of piperidine rings is 1. The lowest BCUT2D eigenvalue weighted by atomic mass is 9.94. The number of benzene rings is 2. The first-order valence-electron chi connectivity index (χ1n) is 15.3. The van der Waals surface area contributed by atoms with E-state index in [4.69, 9.17) is 9.72 Å². The van der Waals surface area contributed by atoms with Gasteiger partial charge in [0.25, 0.3) is 0 Å². The molecule has 4 aromatic rings. The first-order chi connectivity index (χ1) is 21.3. The maximum absolute atomic E-state index is 16.7. The van der Waals surface area contributed by atoms with Gasteiger partial charge >= 0.3 is 6.01 Å². The molecular formula is C33H33F3N6O2. The fourth-order valence-electron chi connectivity index (χ4n) is 7.42. The molecule has 0 amide bonds. The van der Waals surface area contributed by atoms with Crippen molar-refractivity contribution >= 4 is 27.5 Å². The van der Waals surface area contributed by atoms with E-state index in [0.717, 1.165) is 19.4 Å². The van der Waals surface area contributed by atoms with Crippen LogP contribution < -0.4 is 9.64 Å². The minimum Gasteiger partial charge on any atom is -0.508 e. The van der Waals surface area contributed by atoms with Gasteiger partial charge < -0.3 is 14.7 Å². The van der Waals surface area contributed by atoms with Crippen LogP contribution in [0.4, 0.5) is 19.0 Å². The van der Waals surface area contributed by atoms with Crippen molar-refractivity contribution in [1.29, 1.82) is 5.26 Å². The third-order valence-corrected chi connectivity index (χ3v) is 9.61. The van der Waals surface area contributed by atoms with Crippen LogP contribution in [0.25, 0.3) is 32.9 Å². The third-order valence-electron chi connectivity index (χ3n) is 9.61. The molecule has 11 heteroatoms. The topological polar surface area (TPSA) is 98.4 Å². The summed E-state index contributed by atoms with van der Waals surface area (Å²) in [4.78, 5) is 17.9. The zero-order chi connectivity index (χ0) is 30.6. The van der Waals surface area contributed by atoms with Gasteiger partial charge in [-0.25, -0.2) is 13.2 Å². The number of pyridine rings is 1. The average molecular weight is 603 g/mol. The second kappa shape index (κ2) is 11.1. The van der Waals surface area contributed by atoms with Crippen molar-refractivity contribution in [3.8, 4) is 29.1 Å². The highest BCUT2D eigenvalue weighted by Gasteiger charge is 2.49. The molecule has 2 atom stereocenters. The van der Waals surface area contributed by atoms with E-state index in [2.05, 4.69) is 20.9 Å². The Morgan fingerprint density at radius 2 is 1.98 bits per heavy atom. The van der Waals surface area contributed by atoms with E-state index in [0.29, 0.717) is 72.9 Å². The highest BCUT2D eigenvalue weighted by atomic mass is 19.1. The Labute approximate surface area is 253 Å². The number of aromatic nitrogens is 3. The minimum atomic E-state index is -0.922. The average Bonchev–Trinajstić information content (AvgIpc) is 3.55. The maximum atomic E-state index is 16.7. The fourth-order valence-corrected chi connectivity index (χ4v) is 7.42. The number of aromatic hydroxyl groups is 1. The lowest BCUT2D eigenvalue weighted by Crippen LogP contribution is -2.43. The number of fused-ring (bicyclic) bond motifs is 3. The summed E-state index contributed by atoms with van der Waals surface area (Å²) < 4.78 is 52.2. The van der Waals surface area contributed by atoms with Gasteiger partial charge in [-0.15, -0.1) is 0 Å². The van der Waals surface area contributed by atoms with Crippen LogP contribution in [0, 0.1) is 28.9 Å². The van der Waals surface area contributed by atoms with Gasteiger partial charge in [-0.3, -0.25) is 9.88 Å². The van der Waals surface area contributed by atoms with Gasteiger partial charge in [0.1, 0.15) is 41.4 Å². The van der Waals surface area contributed by atoms with E-state index >= 15 is 4.39 Å². The first-order valence-corrected chi connectivity index (χ1v) is 15.3. The van der Waals surface area contributed by atoms with Crippen molar-refractivity contribution in [2.45, 2.75) is 57.2 Å². The van der Waals surface area contributed by atoms with Gasteiger partial charge in [-0.05, 0) is 73.2 Å². The summed E-state index contributed by atoms with van der Waals surface area (Å²) in [6, 6.07) is 8.12. The molecule has 3 aliphatic rings. The lowest BCUT2D eigenvalue weighted by molar-refractivity contribution is 0.107.